The van der Waals surface area contributed by atoms with Crippen LogP contribution in [0.4, 0.5) is 0 Å². The lowest BCUT2D eigenvalue weighted by atomic mass is 10.0. The van der Waals surface area contributed by atoms with Crippen LogP contribution in [0, 0.1) is 5.92 Å². The van der Waals surface area contributed by atoms with Gasteiger partial charge in [-0.05, 0) is 12.3 Å². The number of likely N-dealkylation sites (N-methyl/N-ethyl adjacent to an activating group) is 1. The molecule has 0 rings (SSSR count). The fourth-order valence-corrected chi connectivity index (χ4v) is 2.36. The number of unbranched alkanes of at least 4 members (excludes halogenated alkanes) is 3. The Morgan fingerprint density at radius 1 is 1.05 bits per heavy atom. The molecular formula is C17H33NO4. The molecule has 5 nitrogen and oxygen atoms in total. The maximum Gasteiger partial charge on any atom is 0.306 e. The number of carboxylic acids is 1. The third-order valence-corrected chi connectivity index (χ3v) is 3.36. The molecule has 0 amide bonds. The van der Waals surface area contributed by atoms with E-state index in [-0.39, 0.29) is 12.4 Å². The van der Waals surface area contributed by atoms with Gasteiger partial charge in [-0.1, -0.05) is 39.5 Å². The van der Waals surface area contributed by atoms with Gasteiger partial charge in [0.1, 0.15) is 6.54 Å². The van der Waals surface area contributed by atoms with E-state index < -0.39 is 12.1 Å². The van der Waals surface area contributed by atoms with Gasteiger partial charge in [0.05, 0.1) is 21.1 Å². The zero-order valence-electron chi connectivity index (χ0n) is 14.9. The number of nitrogens with zero attached hydrogens (tertiary/aromatic N) is 1. The summed E-state index contributed by atoms with van der Waals surface area (Å²) in [5.41, 5.74) is 0. The van der Waals surface area contributed by atoms with E-state index in [9.17, 15) is 14.7 Å². The average Bonchev–Trinajstić information content (AvgIpc) is 2.29. The second-order valence-electron chi connectivity index (χ2n) is 7.51. The van der Waals surface area contributed by atoms with E-state index in [1.165, 1.54) is 12.8 Å². The minimum atomic E-state index is -1.18. The third kappa shape index (κ3) is 13.9. The Kier molecular flexibility index (Phi) is 10.1. The number of ether oxygens (including phenoxy) is 1. The summed E-state index contributed by atoms with van der Waals surface area (Å²) in [5.74, 6) is -0.755. The van der Waals surface area contributed by atoms with Crippen LogP contribution in [0.2, 0.25) is 0 Å². The molecule has 0 aromatic rings. The third-order valence-electron chi connectivity index (χ3n) is 3.36. The van der Waals surface area contributed by atoms with E-state index in [2.05, 4.69) is 13.8 Å². The zero-order chi connectivity index (χ0) is 17.2. The van der Waals surface area contributed by atoms with Crippen molar-refractivity contribution in [2.75, 3.05) is 27.7 Å². The van der Waals surface area contributed by atoms with Crippen molar-refractivity contribution < 1.29 is 23.9 Å². The SMILES string of the molecule is CC(C)CCCCCCC(=O)OC(CC(=O)[O-])C[N+](C)(C)C. The molecular weight excluding hydrogens is 282 g/mol. The van der Waals surface area contributed by atoms with Gasteiger partial charge < -0.3 is 19.1 Å². The predicted octanol–water partition coefficient (Wildman–Crippen LogP) is 1.74. The number of quaternary nitrogens is 1. The Morgan fingerprint density at radius 3 is 2.14 bits per heavy atom. The highest BCUT2D eigenvalue weighted by Crippen LogP contribution is 2.12. The lowest BCUT2D eigenvalue weighted by Gasteiger charge is -2.29. The van der Waals surface area contributed by atoms with Crippen molar-refractivity contribution in [2.24, 2.45) is 5.92 Å². The minimum Gasteiger partial charge on any atom is -0.550 e. The normalized spacial score (nSPS) is 13.2. The molecule has 0 radical (unpaired) electrons. The van der Waals surface area contributed by atoms with Crippen LogP contribution >= 0.6 is 0 Å². The van der Waals surface area contributed by atoms with Gasteiger partial charge in [0.15, 0.2) is 6.10 Å². The fraction of sp³-hybridized carbons (Fsp3) is 0.882. The van der Waals surface area contributed by atoms with Crippen LogP contribution in [0.25, 0.3) is 0 Å². The number of hydrogen-bond acceptors (Lipinski definition) is 4. The molecule has 0 aromatic carbocycles. The van der Waals surface area contributed by atoms with E-state index in [0.717, 1.165) is 25.2 Å². The maximum absolute atomic E-state index is 11.8. The number of rotatable bonds is 12. The maximum atomic E-state index is 11.8. The van der Waals surface area contributed by atoms with E-state index in [1.807, 2.05) is 21.1 Å². The second-order valence-corrected chi connectivity index (χ2v) is 7.51. The molecule has 0 saturated heterocycles. The van der Waals surface area contributed by atoms with Crippen LogP contribution in [-0.4, -0.2) is 50.2 Å². The fourth-order valence-electron chi connectivity index (χ4n) is 2.36. The summed E-state index contributed by atoms with van der Waals surface area (Å²) in [7, 11) is 5.81. The van der Waals surface area contributed by atoms with Crippen LogP contribution in [0.3, 0.4) is 0 Å². The molecule has 0 N–H and O–H groups in total. The van der Waals surface area contributed by atoms with Crippen LogP contribution in [0.1, 0.15) is 58.8 Å². The highest BCUT2D eigenvalue weighted by atomic mass is 16.5. The molecule has 5 heteroatoms. The van der Waals surface area contributed by atoms with Gasteiger partial charge in [-0.15, -0.1) is 0 Å². The lowest BCUT2D eigenvalue weighted by molar-refractivity contribution is -0.873. The number of esters is 1. The summed E-state index contributed by atoms with van der Waals surface area (Å²) >= 11 is 0. The molecule has 0 aromatic heterocycles. The van der Waals surface area contributed by atoms with Crippen LogP contribution < -0.4 is 5.11 Å². The lowest BCUT2D eigenvalue weighted by Crippen LogP contribution is -2.45. The molecule has 0 saturated carbocycles. The number of carbonyl (C=O) groups is 2. The minimum absolute atomic E-state index is 0.240. The standard InChI is InChI=1S/C17H33NO4/c1-14(2)10-8-6-7-9-11-17(21)22-15(12-16(19)20)13-18(3,4)5/h14-15H,6-13H2,1-5H3. The summed E-state index contributed by atoms with van der Waals surface area (Å²) in [6.45, 7) is 4.89. The molecule has 0 aliphatic heterocycles. The summed E-state index contributed by atoms with van der Waals surface area (Å²) in [5, 5.41) is 10.8. The first-order chi connectivity index (χ1) is 10.1. The van der Waals surface area contributed by atoms with E-state index >= 15 is 0 Å². The molecule has 1 atom stereocenters. The Balaban J connectivity index is 3.99. The molecule has 0 heterocycles. The summed E-state index contributed by atoms with van der Waals surface area (Å²) in [6, 6.07) is 0. The van der Waals surface area contributed by atoms with Crippen LogP contribution in [-0.2, 0) is 14.3 Å². The average molecular weight is 315 g/mol. The van der Waals surface area contributed by atoms with E-state index in [4.69, 9.17) is 4.74 Å². The summed E-state index contributed by atoms with van der Waals surface area (Å²) in [4.78, 5) is 22.6. The molecule has 0 bridgehead atoms. The Hall–Kier alpha value is -1.10. The molecule has 0 aliphatic rings. The first-order valence-electron chi connectivity index (χ1n) is 8.30. The number of hydrogen-bond donors (Lipinski definition) is 0. The number of carbonyl (C=O) groups excluding carboxylic acids is 2. The Bertz CT molecular complexity index is 334. The smallest absolute Gasteiger partial charge is 0.306 e. The quantitative estimate of drug-likeness (QED) is 0.312. The van der Waals surface area contributed by atoms with Gasteiger partial charge in [-0.2, -0.15) is 0 Å². The van der Waals surface area contributed by atoms with Gasteiger partial charge in [0.25, 0.3) is 0 Å². The van der Waals surface area contributed by atoms with Gasteiger partial charge in [0, 0.05) is 18.8 Å². The first kappa shape index (κ1) is 20.9. The molecule has 130 valence electrons. The number of aliphatic carboxylic acids is 1. The monoisotopic (exact) mass is 315 g/mol. The van der Waals surface area contributed by atoms with E-state index in [1.54, 1.807) is 0 Å². The van der Waals surface area contributed by atoms with Crippen LogP contribution in [0.5, 0.6) is 0 Å². The molecule has 22 heavy (non-hydrogen) atoms. The topological polar surface area (TPSA) is 66.4 Å². The van der Waals surface area contributed by atoms with Crippen molar-refractivity contribution >= 4 is 11.9 Å². The largest absolute Gasteiger partial charge is 0.550 e. The first-order valence-corrected chi connectivity index (χ1v) is 8.30. The van der Waals surface area contributed by atoms with Gasteiger partial charge in [0.2, 0.25) is 0 Å². The van der Waals surface area contributed by atoms with Gasteiger partial charge in [-0.25, -0.2) is 0 Å². The van der Waals surface area contributed by atoms with Gasteiger partial charge >= 0.3 is 5.97 Å². The molecule has 0 fully saturated rings. The summed E-state index contributed by atoms with van der Waals surface area (Å²) < 4.78 is 5.85. The summed E-state index contributed by atoms with van der Waals surface area (Å²) in [6.07, 6.45) is 4.88. The predicted molar refractivity (Wildman–Crippen MR) is 84.9 cm³/mol. The Morgan fingerprint density at radius 2 is 1.64 bits per heavy atom. The highest BCUT2D eigenvalue weighted by molar-refractivity contribution is 5.70. The van der Waals surface area contributed by atoms with Crippen molar-refractivity contribution in [1.29, 1.82) is 0 Å². The van der Waals surface area contributed by atoms with Crippen molar-refractivity contribution in [1.82, 2.24) is 0 Å². The Labute approximate surface area is 135 Å². The molecule has 0 spiro atoms. The van der Waals surface area contributed by atoms with Crippen molar-refractivity contribution in [2.45, 2.75) is 64.9 Å². The number of carboxylic acid groups (broad SMARTS) is 1. The van der Waals surface area contributed by atoms with Crippen molar-refractivity contribution in [3.8, 4) is 0 Å². The highest BCUT2D eigenvalue weighted by Gasteiger charge is 2.22. The molecule has 0 aliphatic carbocycles. The van der Waals surface area contributed by atoms with Gasteiger partial charge in [-0.3, -0.25) is 4.79 Å². The molecule has 1 unspecified atom stereocenters. The zero-order valence-corrected chi connectivity index (χ0v) is 14.9. The van der Waals surface area contributed by atoms with E-state index in [0.29, 0.717) is 17.4 Å². The van der Waals surface area contributed by atoms with Crippen LogP contribution in [0.15, 0.2) is 0 Å². The second kappa shape index (κ2) is 10.6. The van der Waals surface area contributed by atoms with Crippen molar-refractivity contribution in [3.63, 3.8) is 0 Å². The van der Waals surface area contributed by atoms with Crippen molar-refractivity contribution in [3.05, 3.63) is 0 Å².